The molecule has 0 aromatic carbocycles. The molecule has 0 aromatic heterocycles. The summed E-state index contributed by atoms with van der Waals surface area (Å²) >= 11 is 0. The topological polar surface area (TPSA) is 61.8 Å². The van der Waals surface area contributed by atoms with Gasteiger partial charge < -0.3 is 14.7 Å². The number of ether oxygens (including phenoxy) is 1. The first-order valence-electron chi connectivity index (χ1n) is 8.38. The third kappa shape index (κ3) is 5.24. The summed E-state index contributed by atoms with van der Waals surface area (Å²) in [6.45, 7) is 7.82. The molecule has 21 heavy (non-hydrogen) atoms. The zero-order valence-corrected chi connectivity index (χ0v) is 13.4. The van der Waals surface area contributed by atoms with Gasteiger partial charge in [0.25, 0.3) is 0 Å². The quantitative estimate of drug-likeness (QED) is 0.680. The molecule has 2 aliphatic rings. The number of nitrogens with zero attached hydrogens (tertiary/aromatic N) is 1. The molecule has 1 heterocycles. The van der Waals surface area contributed by atoms with Crippen molar-refractivity contribution in [3.63, 3.8) is 0 Å². The molecule has 1 saturated heterocycles. The van der Waals surface area contributed by atoms with Crippen molar-refractivity contribution in [2.45, 2.75) is 70.1 Å². The maximum atomic E-state index is 11.5. The second-order valence-corrected chi connectivity index (χ2v) is 6.66. The minimum absolute atomic E-state index is 0.423. The third-order valence-electron chi connectivity index (χ3n) is 4.66. The highest BCUT2D eigenvalue weighted by atomic mass is 16.5. The largest absolute Gasteiger partial charge is 0.480 e. The number of nitrogens with one attached hydrogen (secondary N) is 1. The Labute approximate surface area is 128 Å². The summed E-state index contributed by atoms with van der Waals surface area (Å²) in [4.78, 5) is 13.9. The molecule has 1 atom stereocenters. The number of likely N-dealkylation sites (tertiary alicyclic amines) is 1. The number of carbonyl (C=O) groups is 1. The van der Waals surface area contributed by atoms with Crippen molar-refractivity contribution in [1.82, 2.24) is 10.2 Å². The van der Waals surface area contributed by atoms with Gasteiger partial charge in [-0.25, -0.2) is 0 Å². The lowest BCUT2D eigenvalue weighted by Crippen LogP contribution is -2.51. The van der Waals surface area contributed by atoms with Crippen LogP contribution in [0.2, 0.25) is 0 Å². The molecule has 1 aliphatic heterocycles. The van der Waals surface area contributed by atoms with E-state index in [0.29, 0.717) is 18.6 Å². The Balaban J connectivity index is 1.67. The van der Waals surface area contributed by atoms with Crippen LogP contribution in [0.25, 0.3) is 0 Å². The number of piperidine rings is 1. The Morgan fingerprint density at radius 2 is 2.00 bits per heavy atom. The highest BCUT2D eigenvalue weighted by Crippen LogP contribution is 2.25. The van der Waals surface area contributed by atoms with E-state index in [4.69, 9.17) is 4.74 Å². The number of aliphatic carboxylic acids is 1. The Morgan fingerprint density at radius 1 is 1.33 bits per heavy atom. The highest BCUT2D eigenvalue weighted by molar-refractivity contribution is 5.78. The second kappa shape index (κ2) is 7.56. The third-order valence-corrected chi connectivity index (χ3v) is 4.66. The van der Waals surface area contributed by atoms with Gasteiger partial charge in [-0.1, -0.05) is 0 Å². The predicted octanol–water partition coefficient (Wildman–Crippen LogP) is 1.86. The number of carboxylic acid groups (broad SMARTS) is 1. The molecule has 1 unspecified atom stereocenters. The molecule has 5 nitrogen and oxygen atoms in total. The Hall–Kier alpha value is -0.650. The van der Waals surface area contributed by atoms with Crippen molar-refractivity contribution in [3.8, 4) is 0 Å². The molecule has 122 valence electrons. The maximum Gasteiger partial charge on any atom is 0.323 e. The Bertz CT molecular complexity index is 338. The smallest absolute Gasteiger partial charge is 0.323 e. The van der Waals surface area contributed by atoms with Gasteiger partial charge in [-0.3, -0.25) is 10.1 Å². The zero-order valence-electron chi connectivity index (χ0n) is 13.4. The molecule has 1 saturated carbocycles. The standard InChI is InChI=1S/C16H30N2O3/c1-3-21-14-7-11-18(12-8-14)10-4-9-16(2,15(19)20)17-13-5-6-13/h13-14,17H,3-12H2,1-2H3,(H,19,20). The summed E-state index contributed by atoms with van der Waals surface area (Å²) in [5.41, 5.74) is -0.759. The average Bonchev–Trinajstić information content (AvgIpc) is 3.25. The first-order chi connectivity index (χ1) is 10.0. The molecule has 2 N–H and O–H groups in total. The fourth-order valence-electron chi connectivity index (χ4n) is 3.11. The van der Waals surface area contributed by atoms with Gasteiger partial charge in [0.15, 0.2) is 0 Å². The summed E-state index contributed by atoms with van der Waals surface area (Å²) in [5, 5.41) is 12.7. The number of carboxylic acids is 1. The molecule has 0 aromatic rings. The van der Waals surface area contributed by atoms with Gasteiger partial charge in [-0.2, -0.15) is 0 Å². The van der Waals surface area contributed by atoms with Crippen molar-refractivity contribution in [2.75, 3.05) is 26.2 Å². The maximum absolute atomic E-state index is 11.5. The lowest BCUT2D eigenvalue weighted by atomic mass is 9.95. The van der Waals surface area contributed by atoms with Crippen molar-refractivity contribution < 1.29 is 14.6 Å². The minimum Gasteiger partial charge on any atom is -0.480 e. The molecule has 0 radical (unpaired) electrons. The molecule has 5 heteroatoms. The van der Waals surface area contributed by atoms with Crippen LogP contribution >= 0.6 is 0 Å². The number of hydrogen-bond acceptors (Lipinski definition) is 4. The Morgan fingerprint density at radius 3 is 2.52 bits per heavy atom. The average molecular weight is 298 g/mol. The van der Waals surface area contributed by atoms with Crippen LogP contribution in [0, 0.1) is 0 Å². The Kier molecular flexibility index (Phi) is 6.02. The van der Waals surface area contributed by atoms with Gasteiger partial charge in [0, 0.05) is 25.7 Å². The van der Waals surface area contributed by atoms with Crippen LogP contribution in [0.3, 0.4) is 0 Å². The van der Waals surface area contributed by atoms with Gasteiger partial charge >= 0.3 is 5.97 Å². The highest BCUT2D eigenvalue weighted by Gasteiger charge is 2.38. The van der Waals surface area contributed by atoms with Gasteiger partial charge in [-0.15, -0.1) is 0 Å². The van der Waals surface area contributed by atoms with Gasteiger partial charge in [-0.05, 0) is 58.9 Å². The summed E-state index contributed by atoms with van der Waals surface area (Å²) < 4.78 is 5.66. The monoisotopic (exact) mass is 298 g/mol. The van der Waals surface area contributed by atoms with Crippen LogP contribution in [0.15, 0.2) is 0 Å². The fourth-order valence-corrected chi connectivity index (χ4v) is 3.11. The van der Waals surface area contributed by atoms with E-state index in [1.807, 2.05) is 13.8 Å². The molecule has 0 bridgehead atoms. The zero-order chi connectivity index (χ0) is 15.3. The van der Waals surface area contributed by atoms with E-state index in [-0.39, 0.29) is 0 Å². The molecular formula is C16H30N2O3. The van der Waals surface area contributed by atoms with Crippen LogP contribution in [-0.2, 0) is 9.53 Å². The van der Waals surface area contributed by atoms with Crippen LogP contribution in [0.4, 0.5) is 0 Å². The summed E-state index contributed by atoms with van der Waals surface area (Å²) in [7, 11) is 0. The summed E-state index contributed by atoms with van der Waals surface area (Å²) in [6.07, 6.45) is 6.50. The molecule has 1 aliphatic carbocycles. The number of hydrogen-bond donors (Lipinski definition) is 2. The first-order valence-corrected chi connectivity index (χ1v) is 8.38. The lowest BCUT2D eigenvalue weighted by Gasteiger charge is -2.33. The van der Waals surface area contributed by atoms with E-state index < -0.39 is 11.5 Å². The van der Waals surface area contributed by atoms with Crippen LogP contribution < -0.4 is 5.32 Å². The van der Waals surface area contributed by atoms with E-state index in [0.717, 1.165) is 58.3 Å². The van der Waals surface area contributed by atoms with Gasteiger partial charge in [0.1, 0.15) is 5.54 Å². The molecular weight excluding hydrogens is 268 g/mol. The SMILES string of the molecule is CCOC1CCN(CCCC(C)(NC2CC2)C(=O)O)CC1. The van der Waals surface area contributed by atoms with Gasteiger partial charge in [0.05, 0.1) is 6.10 Å². The van der Waals surface area contributed by atoms with E-state index in [1.54, 1.807) is 0 Å². The molecule has 2 rings (SSSR count). The van der Waals surface area contributed by atoms with Crippen molar-refractivity contribution in [2.24, 2.45) is 0 Å². The second-order valence-electron chi connectivity index (χ2n) is 6.66. The van der Waals surface area contributed by atoms with Crippen molar-refractivity contribution in [3.05, 3.63) is 0 Å². The van der Waals surface area contributed by atoms with E-state index in [9.17, 15) is 9.90 Å². The van der Waals surface area contributed by atoms with Crippen molar-refractivity contribution >= 4 is 5.97 Å². The normalized spacial score (nSPS) is 23.9. The van der Waals surface area contributed by atoms with Crippen LogP contribution in [0.1, 0.15) is 52.4 Å². The predicted molar refractivity (Wildman–Crippen MR) is 82.5 cm³/mol. The van der Waals surface area contributed by atoms with Crippen LogP contribution in [0.5, 0.6) is 0 Å². The van der Waals surface area contributed by atoms with E-state index >= 15 is 0 Å². The molecule has 0 spiro atoms. The first kappa shape index (κ1) is 16.7. The molecule has 0 amide bonds. The van der Waals surface area contributed by atoms with E-state index in [2.05, 4.69) is 10.2 Å². The van der Waals surface area contributed by atoms with Crippen molar-refractivity contribution in [1.29, 1.82) is 0 Å². The summed E-state index contributed by atoms with van der Waals surface area (Å²) in [6, 6.07) is 0.424. The minimum atomic E-state index is -0.759. The summed E-state index contributed by atoms with van der Waals surface area (Å²) in [5.74, 6) is -0.718. The number of rotatable bonds is 9. The van der Waals surface area contributed by atoms with E-state index in [1.165, 1.54) is 0 Å². The lowest BCUT2D eigenvalue weighted by molar-refractivity contribution is -0.144. The van der Waals surface area contributed by atoms with Crippen LogP contribution in [-0.4, -0.2) is 59.9 Å². The fraction of sp³-hybridized carbons (Fsp3) is 0.938. The molecule has 2 fully saturated rings. The van der Waals surface area contributed by atoms with Gasteiger partial charge in [0.2, 0.25) is 0 Å².